The maximum Gasteiger partial charge on any atom is 0.276 e. The van der Waals surface area contributed by atoms with Gasteiger partial charge < -0.3 is 15.3 Å². The number of piperidine rings is 1. The minimum atomic E-state index is -0.0188. The van der Waals surface area contributed by atoms with Crippen LogP contribution in [0.3, 0.4) is 0 Å². The zero-order chi connectivity index (χ0) is 19.5. The van der Waals surface area contributed by atoms with Gasteiger partial charge in [0.1, 0.15) is 5.75 Å². The molecule has 0 saturated carbocycles. The summed E-state index contributed by atoms with van der Waals surface area (Å²) in [7, 11) is 0. The third-order valence-corrected chi connectivity index (χ3v) is 5.76. The minimum Gasteiger partial charge on any atom is -0.508 e. The van der Waals surface area contributed by atoms with Crippen molar-refractivity contribution in [2.75, 3.05) is 39.3 Å². The van der Waals surface area contributed by atoms with Crippen LogP contribution in [-0.2, 0) is 6.54 Å². The molecule has 4 rings (SSSR count). The number of phenolic OH excluding ortho intramolecular Hbond substituents is 1. The lowest BCUT2D eigenvalue weighted by Crippen LogP contribution is -2.48. The predicted molar refractivity (Wildman–Crippen MR) is 120 cm³/mol. The first-order chi connectivity index (χ1) is 13.6. The Morgan fingerprint density at radius 2 is 1.87 bits per heavy atom. The molecule has 1 aromatic carbocycles. The molecule has 2 aliphatic rings. The van der Waals surface area contributed by atoms with Crippen molar-refractivity contribution in [3.05, 3.63) is 41.2 Å². The Hall–Kier alpha value is -1.87. The van der Waals surface area contributed by atoms with Gasteiger partial charge in [-0.25, -0.2) is 4.68 Å². The standard InChI is InChI=1S/C20H28N6O2.2ClH/c1-15-19(22-23-26(15)17-5-7-21-8-6-17)20(28)25-11-9-24(10-12-25)14-16-3-2-4-18(27)13-16;;/h2-4,13,17,21,27H,5-12,14H2,1H3;2*1H. The van der Waals surface area contributed by atoms with Crippen LogP contribution in [0.1, 0.15) is 40.6 Å². The summed E-state index contributed by atoms with van der Waals surface area (Å²) in [6, 6.07) is 7.67. The minimum absolute atomic E-state index is 0. The van der Waals surface area contributed by atoms with E-state index in [2.05, 4.69) is 20.5 Å². The second kappa shape index (κ2) is 10.9. The van der Waals surface area contributed by atoms with E-state index in [0.29, 0.717) is 30.6 Å². The molecule has 0 unspecified atom stereocenters. The second-order valence-corrected chi connectivity index (χ2v) is 7.69. The summed E-state index contributed by atoms with van der Waals surface area (Å²) in [6.07, 6.45) is 2.04. The van der Waals surface area contributed by atoms with Gasteiger partial charge in [-0.05, 0) is 50.6 Å². The van der Waals surface area contributed by atoms with Gasteiger partial charge in [-0.3, -0.25) is 9.69 Å². The highest BCUT2D eigenvalue weighted by molar-refractivity contribution is 5.93. The number of hydrogen-bond donors (Lipinski definition) is 2. The quantitative estimate of drug-likeness (QED) is 0.731. The number of aromatic nitrogens is 3. The lowest BCUT2D eigenvalue weighted by molar-refractivity contribution is 0.0622. The molecule has 8 nitrogen and oxygen atoms in total. The summed E-state index contributed by atoms with van der Waals surface area (Å²) >= 11 is 0. The molecule has 166 valence electrons. The summed E-state index contributed by atoms with van der Waals surface area (Å²) in [5.41, 5.74) is 2.44. The number of carbonyl (C=O) groups excluding carboxylic acids is 1. The molecule has 3 heterocycles. The molecule has 30 heavy (non-hydrogen) atoms. The summed E-state index contributed by atoms with van der Waals surface area (Å²) in [6.45, 7) is 7.66. The molecule has 2 N–H and O–H groups in total. The molecular weight excluding hydrogens is 427 g/mol. The van der Waals surface area contributed by atoms with Crippen LogP contribution in [0.4, 0.5) is 0 Å². The summed E-state index contributed by atoms with van der Waals surface area (Å²) in [5, 5.41) is 21.5. The fourth-order valence-corrected chi connectivity index (χ4v) is 4.11. The number of phenols is 1. The van der Waals surface area contributed by atoms with Crippen LogP contribution in [-0.4, -0.2) is 75.1 Å². The van der Waals surface area contributed by atoms with Crippen molar-refractivity contribution in [1.29, 1.82) is 0 Å². The first-order valence-electron chi connectivity index (χ1n) is 10.0. The number of amides is 1. The number of rotatable bonds is 4. The van der Waals surface area contributed by atoms with E-state index < -0.39 is 0 Å². The first kappa shape index (κ1) is 24.4. The van der Waals surface area contributed by atoms with Crippen LogP contribution in [0.25, 0.3) is 0 Å². The van der Waals surface area contributed by atoms with Crippen LogP contribution >= 0.6 is 24.8 Å². The summed E-state index contributed by atoms with van der Waals surface area (Å²) in [4.78, 5) is 17.2. The van der Waals surface area contributed by atoms with Gasteiger partial charge in [-0.1, -0.05) is 17.3 Å². The topological polar surface area (TPSA) is 86.5 Å². The van der Waals surface area contributed by atoms with E-state index >= 15 is 0 Å². The Bertz CT molecular complexity index is 832. The van der Waals surface area contributed by atoms with Crippen LogP contribution in [0.2, 0.25) is 0 Å². The van der Waals surface area contributed by atoms with Crippen LogP contribution in [0.5, 0.6) is 5.75 Å². The molecule has 0 atom stereocenters. The van der Waals surface area contributed by atoms with Gasteiger partial charge in [0.15, 0.2) is 5.69 Å². The average molecular weight is 457 g/mol. The number of nitrogens with zero attached hydrogens (tertiary/aromatic N) is 5. The average Bonchev–Trinajstić information content (AvgIpc) is 3.10. The van der Waals surface area contributed by atoms with Gasteiger partial charge in [-0.2, -0.15) is 0 Å². The summed E-state index contributed by atoms with van der Waals surface area (Å²) < 4.78 is 1.94. The normalized spacial score (nSPS) is 17.8. The highest BCUT2D eigenvalue weighted by Gasteiger charge is 2.28. The molecule has 2 aromatic rings. The molecular formula is C20H30Cl2N6O2. The molecule has 0 aliphatic carbocycles. The van der Waals surface area contributed by atoms with E-state index in [0.717, 1.165) is 56.8 Å². The molecule has 0 spiro atoms. The van der Waals surface area contributed by atoms with Crippen molar-refractivity contribution in [1.82, 2.24) is 30.1 Å². The number of benzene rings is 1. The van der Waals surface area contributed by atoms with E-state index in [1.54, 1.807) is 12.1 Å². The van der Waals surface area contributed by atoms with Gasteiger partial charge in [0.25, 0.3) is 5.91 Å². The molecule has 2 aliphatic heterocycles. The van der Waals surface area contributed by atoms with Crippen LogP contribution in [0, 0.1) is 6.92 Å². The zero-order valence-corrected chi connectivity index (χ0v) is 18.8. The highest BCUT2D eigenvalue weighted by Crippen LogP contribution is 2.21. The van der Waals surface area contributed by atoms with E-state index in [1.807, 2.05) is 28.6 Å². The molecule has 1 aromatic heterocycles. The summed E-state index contributed by atoms with van der Waals surface area (Å²) in [5.74, 6) is 0.272. The maximum atomic E-state index is 13.0. The highest BCUT2D eigenvalue weighted by atomic mass is 35.5. The van der Waals surface area contributed by atoms with Crippen molar-refractivity contribution < 1.29 is 9.90 Å². The molecule has 2 fully saturated rings. The predicted octanol–water partition coefficient (Wildman–Crippen LogP) is 2.02. The number of piperazine rings is 1. The molecule has 2 saturated heterocycles. The van der Waals surface area contributed by atoms with Gasteiger partial charge in [-0.15, -0.1) is 29.9 Å². The lowest BCUT2D eigenvalue weighted by Gasteiger charge is -2.34. The molecule has 0 radical (unpaired) electrons. The largest absolute Gasteiger partial charge is 0.508 e. The van der Waals surface area contributed by atoms with E-state index in [1.165, 1.54) is 0 Å². The third-order valence-electron chi connectivity index (χ3n) is 5.76. The van der Waals surface area contributed by atoms with E-state index in [-0.39, 0.29) is 30.7 Å². The van der Waals surface area contributed by atoms with Crippen molar-refractivity contribution in [3.8, 4) is 5.75 Å². The SMILES string of the molecule is Cc1c(C(=O)N2CCN(Cc3cccc(O)c3)CC2)nnn1C1CCNCC1.Cl.Cl. The lowest BCUT2D eigenvalue weighted by atomic mass is 10.1. The zero-order valence-electron chi connectivity index (χ0n) is 17.2. The number of aromatic hydroxyl groups is 1. The monoisotopic (exact) mass is 456 g/mol. The Kier molecular flexibility index (Phi) is 8.91. The van der Waals surface area contributed by atoms with Gasteiger partial charge >= 0.3 is 0 Å². The molecule has 1 amide bonds. The van der Waals surface area contributed by atoms with E-state index in [4.69, 9.17) is 0 Å². The Morgan fingerprint density at radius 3 is 2.53 bits per heavy atom. The fourth-order valence-electron chi connectivity index (χ4n) is 4.11. The molecule has 10 heteroatoms. The van der Waals surface area contributed by atoms with Crippen LogP contribution in [0.15, 0.2) is 24.3 Å². The van der Waals surface area contributed by atoms with Crippen LogP contribution < -0.4 is 5.32 Å². The van der Waals surface area contributed by atoms with E-state index in [9.17, 15) is 9.90 Å². The van der Waals surface area contributed by atoms with Gasteiger partial charge in [0.2, 0.25) is 0 Å². The van der Waals surface area contributed by atoms with Crippen molar-refractivity contribution in [3.63, 3.8) is 0 Å². The number of halogens is 2. The van der Waals surface area contributed by atoms with Crippen molar-refractivity contribution >= 4 is 30.7 Å². The Morgan fingerprint density at radius 1 is 1.17 bits per heavy atom. The molecule has 0 bridgehead atoms. The van der Waals surface area contributed by atoms with Gasteiger partial charge in [0.05, 0.1) is 11.7 Å². The second-order valence-electron chi connectivity index (χ2n) is 7.69. The smallest absolute Gasteiger partial charge is 0.276 e. The fraction of sp³-hybridized carbons (Fsp3) is 0.550. The first-order valence-corrected chi connectivity index (χ1v) is 10.0. The maximum absolute atomic E-state index is 13.0. The number of nitrogens with one attached hydrogen (secondary N) is 1. The van der Waals surface area contributed by atoms with Crippen molar-refractivity contribution in [2.45, 2.75) is 32.4 Å². The Balaban J connectivity index is 0.00000160. The number of carbonyl (C=O) groups is 1. The third kappa shape index (κ3) is 5.43. The van der Waals surface area contributed by atoms with Crippen molar-refractivity contribution in [2.24, 2.45) is 0 Å². The van der Waals surface area contributed by atoms with Gasteiger partial charge in [0, 0.05) is 32.7 Å². The number of hydrogen-bond acceptors (Lipinski definition) is 6. The Labute approximate surface area is 189 Å².